The first kappa shape index (κ1) is 15.9. The zero-order chi connectivity index (χ0) is 15.2. The molecule has 1 aromatic rings. The zero-order valence-corrected chi connectivity index (χ0v) is 12.9. The van der Waals surface area contributed by atoms with Gasteiger partial charge in [0.15, 0.2) is 5.13 Å². The Morgan fingerprint density at radius 3 is 2.62 bits per heavy atom. The molecule has 0 unspecified atom stereocenters. The van der Waals surface area contributed by atoms with Gasteiger partial charge >= 0.3 is 0 Å². The second-order valence-electron chi connectivity index (χ2n) is 5.28. The molecule has 7 heteroatoms. The fourth-order valence-electron chi connectivity index (χ4n) is 2.38. The van der Waals surface area contributed by atoms with Gasteiger partial charge in [-0.05, 0) is 19.8 Å². The Morgan fingerprint density at radius 1 is 1.38 bits per heavy atom. The van der Waals surface area contributed by atoms with Crippen LogP contribution in [0, 0.1) is 0 Å². The van der Waals surface area contributed by atoms with Crippen molar-refractivity contribution in [2.75, 3.05) is 5.32 Å². The van der Waals surface area contributed by atoms with Crippen molar-refractivity contribution >= 4 is 28.3 Å². The van der Waals surface area contributed by atoms with E-state index in [2.05, 4.69) is 10.3 Å². The van der Waals surface area contributed by atoms with Gasteiger partial charge in [-0.15, -0.1) is 11.3 Å². The lowest BCUT2D eigenvalue weighted by atomic mass is 10.1. The number of ether oxygens (including phenoxy) is 1. The van der Waals surface area contributed by atoms with E-state index in [1.165, 1.54) is 29.6 Å². The van der Waals surface area contributed by atoms with Crippen molar-refractivity contribution in [1.82, 2.24) is 4.98 Å². The normalized spacial score (nSPS) is 18.0. The molecule has 1 aliphatic rings. The first-order chi connectivity index (χ1) is 10.1. The number of carbonyl (C=O) groups is 2. The second kappa shape index (κ2) is 7.51. The summed E-state index contributed by atoms with van der Waals surface area (Å²) < 4.78 is 5.83. The minimum atomic E-state index is -0.602. The van der Waals surface area contributed by atoms with Crippen molar-refractivity contribution in [2.45, 2.75) is 57.7 Å². The van der Waals surface area contributed by atoms with E-state index in [-0.39, 0.29) is 17.7 Å². The number of primary amides is 1. The van der Waals surface area contributed by atoms with Crippen LogP contribution < -0.4 is 11.1 Å². The third-order valence-corrected chi connectivity index (χ3v) is 4.31. The number of rotatable bonds is 5. The van der Waals surface area contributed by atoms with Gasteiger partial charge in [-0.2, -0.15) is 0 Å². The molecule has 2 rings (SSSR count). The van der Waals surface area contributed by atoms with Gasteiger partial charge in [-0.25, -0.2) is 4.98 Å². The largest absolute Gasteiger partial charge is 0.365 e. The van der Waals surface area contributed by atoms with Crippen LogP contribution in [0.15, 0.2) is 5.38 Å². The Labute approximate surface area is 128 Å². The van der Waals surface area contributed by atoms with Crippen LogP contribution >= 0.6 is 11.3 Å². The molecule has 0 aliphatic heterocycles. The molecule has 1 atom stereocenters. The average Bonchev–Trinajstić information content (AvgIpc) is 2.76. The summed E-state index contributed by atoms with van der Waals surface area (Å²) in [5.41, 5.74) is 5.28. The molecule has 21 heavy (non-hydrogen) atoms. The van der Waals surface area contributed by atoms with Gasteiger partial charge in [0.25, 0.3) is 11.8 Å². The van der Waals surface area contributed by atoms with E-state index >= 15 is 0 Å². The summed E-state index contributed by atoms with van der Waals surface area (Å²) in [7, 11) is 0. The number of nitrogens with zero attached hydrogens (tertiary/aromatic N) is 1. The van der Waals surface area contributed by atoms with E-state index in [0.29, 0.717) is 5.13 Å². The molecule has 116 valence electrons. The Balaban J connectivity index is 1.84. The summed E-state index contributed by atoms with van der Waals surface area (Å²) >= 11 is 1.17. The first-order valence-corrected chi connectivity index (χ1v) is 8.16. The minimum absolute atomic E-state index is 0.158. The number of amides is 2. The third kappa shape index (κ3) is 4.78. The van der Waals surface area contributed by atoms with Crippen molar-refractivity contribution in [2.24, 2.45) is 5.73 Å². The quantitative estimate of drug-likeness (QED) is 0.816. The average molecular weight is 311 g/mol. The molecule has 1 aliphatic carbocycles. The van der Waals surface area contributed by atoms with E-state index in [1.807, 2.05) is 0 Å². The van der Waals surface area contributed by atoms with E-state index in [4.69, 9.17) is 10.5 Å². The van der Waals surface area contributed by atoms with Crippen LogP contribution in [0.1, 0.15) is 55.9 Å². The number of hydrogen-bond acceptors (Lipinski definition) is 5. The molecule has 1 heterocycles. The van der Waals surface area contributed by atoms with Gasteiger partial charge in [-0.1, -0.05) is 25.7 Å². The lowest BCUT2D eigenvalue weighted by Gasteiger charge is -2.20. The predicted octanol–water partition coefficient (Wildman–Crippen LogP) is 2.31. The van der Waals surface area contributed by atoms with Crippen LogP contribution in [0.5, 0.6) is 0 Å². The van der Waals surface area contributed by atoms with Crippen molar-refractivity contribution in [1.29, 1.82) is 0 Å². The fraction of sp³-hybridized carbons (Fsp3) is 0.643. The highest BCUT2D eigenvalue weighted by molar-refractivity contribution is 7.14. The summed E-state index contributed by atoms with van der Waals surface area (Å²) in [4.78, 5) is 27.0. The Bertz CT molecular complexity index is 495. The van der Waals surface area contributed by atoms with Crippen molar-refractivity contribution in [3.63, 3.8) is 0 Å². The molecule has 1 fully saturated rings. The fourth-order valence-corrected chi connectivity index (χ4v) is 3.08. The van der Waals surface area contributed by atoms with Crippen LogP contribution in [0.2, 0.25) is 0 Å². The Kier molecular flexibility index (Phi) is 5.69. The van der Waals surface area contributed by atoms with Crippen molar-refractivity contribution < 1.29 is 14.3 Å². The van der Waals surface area contributed by atoms with Crippen molar-refractivity contribution in [3.05, 3.63) is 11.1 Å². The van der Waals surface area contributed by atoms with Gasteiger partial charge in [0.05, 0.1) is 6.10 Å². The molecule has 0 aromatic carbocycles. The number of anilines is 1. The summed E-state index contributed by atoms with van der Waals surface area (Å²) in [6.45, 7) is 1.74. The van der Waals surface area contributed by atoms with Gasteiger partial charge in [0.1, 0.15) is 11.8 Å². The van der Waals surface area contributed by atoms with Crippen LogP contribution in [0.4, 0.5) is 5.13 Å². The number of carbonyl (C=O) groups excluding carboxylic acids is 2. The van der Waals surface area contributed by atoms with Gasteiger partial charge < -0.3 is 10.5 Å². The van der Waals surface area contributed by atoms with Crippen LogP contribution in [-0.4, -0.2) is 29.0 Å². The Morgan fingerprint density at radius 2 is 2.05 bits per heavy atom. The molecule has 1 aromatic heterocycles. The monoisotopic (exact) mass is 311 g/mol. The maximum Gasteiger partial charge on any atom is 0.268 e. The van der Waals surface area contributed by atoms with Crippen LogP contribution in [-0.2, 0) is 9.53 Å². The SMILES string of the molecule is C[C@H](OC1CCCCCC1)C(=O)Nc1nc(C(N)=O)cs1. The molecule has 0 spiro atoms. The maximum absolute atomic E-state index is 12.1. The highest BCUT2D eigenvalue weighted by Gasteiger charge is 2.21. The van der Waals surface area contributed by atoms with E-state index in [0.717, 1.165) is 25.7 Å². The molecular formula is C14H21N3O3S. The van der Waals surface area contributed by atoms with Crippen LogP contribution in [0.3, 0.4) is 0 Å². The van der Waals surface area contributed by atoms with E-state index < -0.39 is 12.0 Å². The molecule has 2 amide bonds. The molecule has 0 saturated heterocycles. The lowest BCUT2D eigenvalue weighted by Crippen LogP contribution is -2.31. The third-order valence-electron chi connectivity index (χ3n) is 3.55. The molecule has 0 bridgehead atoms. The number of thiazole rings is 1. The van der Waals surface area contributed by atoms with E-state index in [1.54, 1.807) is 6.92 Å². The summed E-state index contributed by atoms with van der Waals surface area (Å²) in [5.74, 6) is -0.848. The number of nitrogens with one attached hydrogen (secondary N) is 1. The lowest BCUT2D eigenvalue weighted by molar-refractivity contribution is -0.130. The highest BCUT2D eigenvalue weighted by atomic mass is 32.1. The topological polar surface area (TPSA) is 94.3 Å². The number of aromatic nitrogens is 1. The zero-order valence-electron chi connectivity index (χ0n) is 12.1. The molecule has 1 saturated carbocycles. The van der Waals surface area contributed by atoms with Gasteiger partial charge in [0.2, 0.25) is 0 Å². The first-order valence-electron chi connectivity index (χ1n) is 7.28. The molecule has 0 radical (unpaired) electrons. The van der Waals surface area contributed by atoms with Crippen molar-refractivity contribution in [3.8, 4) is 0 Å². The minimum Gasteiger partial charge on any atom is -0.365 e. The number of nitrogens with two attached hydrogens (primary N) is 1. The van der Waals surface area contributed by atoms with Gasteiger partial charge in [-0.3, -0.25) is 14.9 Å². The summed E-state index contributed by atoms with van der Waals surface area (Å²) in [5, 5.41) is 4.55. The summed E-state index contributed by atoms with van der Waals surface area (Å²) in [6.07, 6.45) is 6.47. The predicted molar refractivity (Wildman–Crippen MR) is 81.3 cm³/mol. The maximum atomic E-state index is 12.1. The van der Waals surface area contributed by atoms with E-state index in [9.17, 15) is 9.59 Å². The van der Waals surface area contributed by atoms with Crippen LogP contribution in [0.25, 0.3) is 0 Å². The molecular weight excluding hydrogens is 290 g/mol. The smallest absolute Gasteiger partial charge is 0.268 e. The molecule has 3 N–H and O–H groups in total. The summed E-state index contributed by atoms with van der Waals surface area (Å²) in [6, 6.07) is 0. The standard InChI is InChI=1S/C14H21N3O3S/c1-9(20-10-6-4-2-3-5-7-10)13(19)17-14-16-11(8-21-14)12(15)18/h8-10H,2-7H2,1H3,(H2,15,18)(H,16,17,19)/t9-/m0/s1. The highest BCUT2D eigenvalue weighted by Crippen LogP contribution is 2.21. The van der Waals surface area contributed by atoms with Gasteiger partial charge in [0, 0.05) is 5.38 Å². The second-order valence-corrected chi connectivity index (χ2v) is 6.14. The Hall–Kier alpha value is -1.47. The number of hydrogen-bond donors (Lipinski definition) is 2. The molecule has 6 nitrogen and oxygen atoms in total.